The predicted molar refractivity (Wildman–Crippen MR) is 49.5 cm³/mol. The first-order chi connectivity index (χ1) is 7.12. The summed E-state index contributed by atoms with van der Waals surface area (Å²) in [7, 11) is 0. The molecule has 15 heavy (non-hydrogen) atoms. The molecule has 0 amide bonds. The number of rotatable bonds is 0. The summed E-state index contributed by atoms with van der Waals surface area (Å²) < 4.78 is 6.12. The van der Waals surface area contributed by atoms with E-state index >= 15 is 0 Å². The zero-order valence-corrected chi connectivity index (χ0v) is 8.02. The maximum Gasteiger partial charge on any atom is 0.434 e. The average molecular weight is 205 g/mol. The van der Waals surface area contributed by atoms with Gasteiger partial charge in [0.15, 0.2) is 5.60 Å². The van der Waals surface area contributed by atoms with Gasteiger partial charge in [0.2, 0.25) is 5.69 Å². The van der Waals surface area contributed by atoms with Crippen LogP contribution in [0.15, 0.2) is 33.6 Å². The van der Waals surface area contributed by atoms with Crippen LogP contribution in [0, 0.1) is 0 Å². The Morgan fingerprint density at radius 3 is 3.00 bits per heavy atom. The SMILES string of the molecule is CC1(O)c2ccccc2-[n+]2[nH]oc(=O)c21. The van der Waals surface area contributed by atoms with Crippen molar-refractivity contribution in [1.82, 2.24) is 5.27 Å². The number of H-pyrrole nitrogens is 1. The summed E-state index contributed by atoms with van der Waals surface area (Å²) in [6, 6.07) is 7.26. The van der Waals surface area contributed by atoms with Crippen molar-refractivity contribution in [1.29, 1.82) is 0 Å². The molecule has 5 heteroatoms. The molecule has 5 nitrogen and oxygen atoms in total. The second-order valence-electron chi connectivity index (χ2n) is 3.75. The van der Waals surface area contributed by atoms with Crippen LogP contribution >= 0.6 is 0 Å². The van der Waals surface area contributed by atoms with Crippen molar-refractivity contribution in [3.05, 3.63) is 45.9 Å². The number of hydrogen-bond acceptors (Lipinski definition) is 3. The predicted octanol–water partition coefficient (Wildman–Crippen LogP) is -0.186. The first-order valence-corrected chi connectivity index (χ1v) is 4.58. The van der Waals surface area contributed by atoms with E-state index in [1.54, 1.807) is 13.0 Å². The Balaban J connectivity index is 2.48. The van der Waals surface area contributed by atoms with Crippen LogP contribution in [-0.4, -0.2) is 10.4 Å². The van der Waals surface area contributed by atoms with Gasteiger partial charge in [-0.15, -0.1) is 0 Å². The number of fused-ring (bicyclic) bond motifs is 3. The number of aromatic nitrogens is 2. The van der Waals surface area contributed by atoms with Gasteiger partial charge in [-0.2, -0.15) is 0 Å². The monoisotopic (exact) mass is 205 g/mol. The van der Waals surface area contributed by atoms with E-state index in [9.17, 15) is 9.90 Å². The number of hydrogen-bond donors (Lipinski definition) is 2. The quantitative estimate of drug-likeness (QED) is 0.586. The third-order valence-corrected chi connectivity index (χ3v) is 2.78. The zero-order chi connectivity index (χ0) is 10.6. The van der Waals surface area contributed by atoms with Gasteiger partial charge in [-0.3, -0.25) is 4.52 Å². The number of para-hydroxylation sites is 1. The van der Waals surface area contributed by atoms with Crippen molar-refractivity contribution < 1.29 is 14.3 Å². The summed E-state index contributed by atoms with van der Waals surface area (Å²) in [5, 5.41) is 12.7. The molecule has 1 aromatic carbocycles. The molecule has 0 bridgehead atoms. The molecular formula is C10H9N2O3+. The number of benzene rings is 1. The summed E-state index contributed by atoms with van der Waals surface area (Å²) in [6.07, 6.45) is 0. The number of nitrogens with one attached hydrogen (secondary N) is 1. The molecule has 1 aromatic heterocycles. The fourth-order valence-corrected chi connectivity index (χ4v) is 2.07. The second kappa shape index (κ2) is 2.38. The molecule has 3 rings (SSSR count). The molecule has 0 saturated carbocycles. The Morgan fingerprint density at radius 2 is 2.20 bits per heavy atom. The fraction of sp³-hybridized carbons (Fsp3) is 0.200. The molecular weight excluding hydrogens is 196 g/mol. The highest BCUT2D eigenvalue weighted by Gasteiger charge is 2.51. The highest BCUT2D eigenvalue weighted by molar-refractivity contribution is 5.44. The van der Waals surface area contributed by atoms with Crippen molar-refractivity contribution in [2.45, 2.75) is 12.5 Å². The van der Waals surface area contributed by atoms with Crippen molar-refractivity contribution in [2.75, 3.05) is 0 Å². The molecule has 0 spiro atoms. The van der Waals surface area contributed by atoms with E-state index in [4.69, 9.17) is 0 Å². The smallest absolute Gasteiger partial charge is 0.374 e. The van der Waals surface area contributed by atoms with E-state index in [0.29, 0.717) is 5.56 Å². The maximum atomic E-state index is 11.4. The lowest BCUT2D eigenvalue weighted by atomic mass is 9.95. The minimum absolute atomic E-state index is 0.212. The van der Waals surface area contributed by atoms with Gasteiger partial charge >= 0.3 is 11.3 Å². The summed E-state index contributed by atoms with van der Waals surface area (Å²) in [4.78, 5) is 11.4. The third kappa shape index (κ3) is 0.854. The van der Waals surface area contributed by atoms with Crippen LogP contribution in [0.5, 0.6) is 0 Å². The molecule has 0 radical (unpaired) electrons. The lowest BCUT2D eigenvalue weighted by molar-refractivity contribution is -0.675. The zero-order valence-electron chi connectivity index (χ0n) is 8.02. The number of nitrogens with zero attached hydrogens (tertiary/aromatic N) is 1. The minimum Gasteiger partial charge on any atom is -0.374 e. The van der Waals surface area contributed by atoms with Crippen molar-refractivity contribution in [2.24, 2.45) is 0 Å². The van der Waals surface area contributed by atoms with Gasteiger partial charge in [0.05, 0.1) is 5.56 Å². The first-order valence-electron chi connectivity index (χ1n) is 4.58. The van der Waals surface area contributed by atoms with E-state index in [2.05, 4.69) is 9.79 Å². The van der Waals surface area contributed by atoms with Crippen LogP contribution < -0.4 is 10.3 Å². The fourth-order valence-electron chi connectivity index (χ4n) is 2.07. The van der Waals surface area contributed by atoms with Crippen LogP contribution in [0.25, 0.3) is 5.69 Å². The van der Waals surface area contributed by atoms with E-state index in [1.807, 2.05) is 18.2 Å². The van der Waals surface area contributed by atoms with Crippen molar-refractivity contribution in [3.8, 4) is 5.69 Å². The Kier molecular flexibility index (Phi) is 1.33. The lowest BCUT2D eigenvalue weighted by Gasteiger charge is -2.09. The third-order valence-electron chi connectivity index (χ3n) is 2.78. The molecule has 0 fully saturated rings. The summed E-state index contributed by atoms with van der Waals surface area (Å²) in [5.41, 5.74) is -0.190. The van der Waals surface area contributed by atoms with E-state index in [1.165, 1.54) is 4.68 Å². The molecule has 1 aliphatic heterocycles. The molecule has 2 N–H and O–H groups in total. The van der Waals surface area contributed by atoms with Crippen LogP contribution in [-0.2, 0) is 5.60 Å². The van der Waals surface area contributed by atoms with Crippen LogP contribution in [0.2, 0.25) is 0 Å². The average Bonchev–Trinajstić information content (AvgIpc) is 2.69. The highest BCUT2D eigenvalue weighted by Crippen LogP contribution is 2.33. The van der Waals surface area contributed by atoms with Crippen molar-refractivity contribution >= 4 is 0 Å². The van der Waals surface area contributed by atoms with Crippen LogP contribution in [0.3, 0.4) is 0 Å². The Morgan fingerprint density at radius 1 is 1.47 bits per heavy atom. The van der Waals surface area contributed by atoms with E-state index in [0.717, 1.165) is 5.69 Å². The standard InChI is InChI=1S/C10H8N2O3/c1-10(14)6-4-2-3-5-7(6)12-8(10)9(13)15-11-12/h2-5,14H,1H3/p+1. The highest BCUT2D eigenvalue weighted by atomic mass is 16.5. The molecule has 1 unspecified atom stereocenters. The topological polar surface area (TPSA) is 70.1 Å². The van der Waals surface area contributed by atoms with Gasteiger partial charge in [-0.05, 0) is 22.9 Å². The Hall–Kier alpha value is -1.88. The van der Waals surface area contributed by atoms with E-state index in [-0.39, 0.29) is 5.69 Å². The summed E-state index contributed by atoms with van der Waals surface area (Å²) in [5.74, 6) is 0. The molecule has 1 aliphatic rings. The number of aliphatic hydroxyl groups is 1. The lowest BCUT2D eigenvalue weighted by Crippen LogP contribution is -2.38. The van der Waals surface area contributed by atoms with Gasteiger partial charge in [-0.1, -0.05) is 12.1 Å². The van der Waals surface area contributed by atoms with Crippen LogP contribution in [0.4, 0.5) is 0 Å². The molecule has 1 atom stereocenters. The first kappa shape index (κ1) is 8.43. The summed E-state index contributed by atoms with van der Waals surface area (Å²) in [6.45, 7) is 1.58. The van der Waals surface area contributed by atoms with Crippen LogP contribution in [0.1, 0.15) is 18.2 Å². The second-order valence-corrected chi connectivity index (χ2v) is 3.75. The molecule has 0 saturated heterocycles. The van der Waals surface area contributed by atoms with Gasteiger partial charge in [-0.25, -0.2) is 4.79 Å². The summed E-state index contributed by atoms with van der Waals surface area (Å²) >= 11 is 0. The van der Waals surface area contributed by atoms with Gasteiger partial charge < -0.3 is 5.11 Å². The molecule has 2 heterocycles. The Labute approximate surface area is 84.5 Å². The van der Waals surface area contributed by atoms with Crippen molar-refractivity contribution in [3.63, 3.8) is 0 Å². The maximum absolute atomic E-state index is 11.4. The van der Waals surface area contributed by atoms with Gasteiger partial charge in [0, 0.05) is 6.07 Å². The van der Waals surface area contributed by atoms with Gasteiger partial charge in [0.25, 0.3) is 0 Å². The normalized spacial score (nSPS) is 22.5. The number of aromatic amines is 1. The largest absolute Gasteiger partial charge is 0.434 e. The van der Waals surface area contributed by atoms with Gasteiger partial charge in [0.1, 0.15) is 0 Å². The molecule has 2 aromatic rings. The Bertz CT molecular complexity index is 595. The molecule has 0 aliphatic carbocycles. The molecule has 76 valence electrons. The minimum atomic E-state index is -1.29. The van der Waals surface area contributed by atoms with E-state index < -0.39 is 11.2 Å².